The molecule has 0 amide bonds. The summed E-state index contributed by atoms with van der Waals surface area (Å²) in [6.07, 6.45) is 0. The average Bonchev–Trinajstić information content (AvgIpc) is 2.40. The highest BCUT2D eigenvalue weighted by Gasteiger charge is 2.25. The van der Waals surface area contributed by atoms with Crippen LogP contribution in [-0.4, -0.2) is 46.0 Å². The van der Waals surface area contributed by atoms with E-state index in [2.05, 4.69) is 5.32 Å². The van der Waals surface area contributed by atoms with Crippen LogP contribution in [0.5, 0.6) is 0 Å². The third-order valence-corrected chi connectivity index (χ3v) is 4.82. The Bertz CT molecular complexity index is 501. The molecule has 7 heteroatoms. The second kappa shape index (κ2) is 7.21. The fourth-order valence-corrected chi connectivity index (χ4v) is 3.51. The van der Waals surface area contributed by atoms with Crippen LogP contribution >= 0.6 is 12.4 Å². The minimum Gasteiger partial charge on any atom is -0.380 e. The van der Waals surface area contributed by atoms with Crippen LogP contribution in [0.1, 0.15) is 5.56 Å². The van der Waals surface area contributed by atoms with Crippen LogP contribution in [0.2, 0.25) is 0 Å². The van der Waals surface area contributed by atoms with E-state index < -0.39 is 10.0 Å². The van der Waals surface area contributed by atoms with Crippen molar-refractivity contribution in [2.75, 3.05) is 33.3 Å². The Morgan fingerprint density at radius 2 is 2.00 bits per heavy atom. The smallest absolute Gasteiger partial charge is 0.243 e. The molecule has 5 nitrogen and oxygen atoms in total. The van der Waals surface area contributed by atoms with E-state index in [9.17, 15) is 8.42 Å². The van der Waals surface area contributed by atoms with Gasteiger partial charge in [0.15, 0.2) is 0 Å². The normalized spacial score (nSPS) is 16.9. The van der Waals surface area contributed by atoms with E-state index >= 15 is 0 Å². The van der Waals surface area contributed by atoms with Gasteiger partial charge < -0.3 is 10.1 Å². The van der Waals surface area contributed by atoms with Gasteiger partial charge in [-0.25, -0.2) is 8.42 Å². The highest BCUT2D eigenvalue weighted by atomic mass is 35.5. The van der Waals surface area contributed by atoms with E-state index in [1.54, 1.807) is 25.3 Å². The largest absolute Gasteiger partial charge is 0.380 e. The van der Waals surface area contributed by atoms with Crippen molar-refractivity contribution in [3.63, 3.8) is 0 Å². The standard InChI is InChI=1S/C12H18N2O3S.ClH/c1-17-10-11-3-2-4-12(9-11)18(15,16)14-7-5-13-6-8-14;/h2-4,9,13H,5-8,10H2,1H3;1H. The van der Waals surface area contributed by atoms with E-state index in [1.807, 2.05) is 6.07 Å². The molecule has 1 aromatic carbocycles. The lowest BCUT2D eigenvalue weighted by Gasteiger charge is -2.26. The highest BCUT2D eigenvalue weighted by Crippen LogP contribution is 2.17. The minimum atomic E-state index is -3.37. The van der Waals surface area contributed by atoms with Crippen LogP contribution < -0.4 is 5.32 Å². The first-order valence-electron chi connectivity index (χ1n) is 5.93. The second-order valence-corrected chi connectivity index (χ2v) is 6.17. The summed E-state index contributed by atoms with van der Waals surface area (Å²) in [4.78, 5) is 0.346. The van der Waals surface area contributed by atoms with Crippen molar-refractivity contribution < 1.29 is 13.2 Å². The average molecular weight is 307 g/mol. The lowest BCUT2D eigenvalue weighted by molar-refractivity contribution is 0.184. The van der Waals surface area contributed by atoms with Crippen LogP contribution in [0.25, 0.3) is 0 Å². The van der Waals surface area contributed by atoms with Crippen LogP contribution in [0.3, 0.4) is 0 Å². The third kappa shape index (κ3) is 3.90. The van der Waals surface area contributed by atoms with Crippen molar-refractivity contribution in [2.45, 2.75) is 11.5 Å². The maximum atomic E-state index is 12.4. The number of nitrogens with one attached hydrogen (secondary N) is 1. The monoisotopic (exact) mass is 306 g/mol. The zero-order valence-electron chi connectivity index (χ0n) is 10.8. The van der Waals surface area contributed by atoms with Gasteiger partial charge in [-0.15, -0.1) is 12.4 Å². The molecule has 1 aliphatic rings. The number of benzene rings is 1. The van der Waals surface area contributed by atoms with E-state index in [4.69, 9.17) is 4.74 Å². The van der Waals surface area contributed by atoms with Gasteiger partial charge >= 0.3 is 0 Å². The maximum absolute atomic E-state index is 12.4. The zero-order chi connectivity index (χ0) is 13.0. The number of piperazine rings is 1. The molecule has 0 spiro atoms. The van der Waals surface area contributed by atoms with Crippen LogP contribution in [0, 0.1) is 0 Å². The molecule has 108 valence electrons. The molecule has 1 fully saturated rings. The van der Waals surface area contributed by atoms with Gasteiger partial charge in [0.1, 0.15) is 0 Å². The summed E-state index contributed by atoms with van der Waals surface area (Å²) in [6, 6.07) is 6.93. The molecule has 0 aliphatic carbocycles. The number of halogens is 1. The molecule has 1 saturated heterocycles. The predicted molar refractivity (Wildman–Crippen MR) is 76.0 cm³/mol. The molecule has 2 rings (SSSR count). The summed E-state index contributed by atoms with van der Waals surface area (Å²) in [5.74, 6) is 0. The van der Waals surface area contributed by atoms with Gasteiger partial charge in [-0.3, -0.25) is 0 Å². The number of ether oxygens (including phenoxy) is 1. The quantitative estimate of drug-likeness (QED) is 0.896. The summed E-state index contributed by atoms with van der Waals surface area (Å²) in [5.41, 5.74) is 0.869. The van der Waals surface area contributed by atoms with E-state index in [-0.39, 0.29) is 12.4 Å². The van der Waals surface area contributed by atoms with Crippen LogP contribution in [0.4, 0.5) is 0 Å². The van der Waals surface area contributed by atoms with E-state index in [0.717, 1.165) is 5.56 Å². The molecule has 0 saturated carbocycles. The van der Waals surface area contributed by atoms with Crippen molar-refractivity contribution in [3.05, 3.63) is 29.8 Å². The van der Waals surface area contributed by atoms with Gasteiger partial charge in [0.2, 0.25) is 10.0 Å². The molecule has 1 aromatic rings. The first-order chi connectivity index (χ1) is 8.64. The number of hydrogen-bond donors (Lipinski definition) is 1. The molecule has 19 heavy (non-hydrogen) atoms. The van der Waals surface area contributed by atoms with Crippen molar-refractivity contribution in [2.24, 2.45) is 0 Å². The first kappa shape index (κ1) is 16.4. The zero-order valence-corrected chi connectivity index (χ0v) is 12.5. The van der Waals surface area contributed by atoms with Gasteiger partial charge in [-0.2, -0.15) is 4.31 Å². The lowest BCUT2D eigenvalue weighted by atomic mass is 10.2. The Morgan fingerprint density at radius 3 is 2.63 bits per heavy atom. The molecule has 1 heterocycles. The Balaban J connectivity index is 0.00000180. The van der Waals surface area contributed by atoms with E-state index in [1.165, 1.54) is 4.31 Å². The summed E-state index contributed by atoms with van der Waals surface area (Å²) in [7, 11) is -1.77. The molecule has 0 aromatic heterocycles. The fourth-order valence-electron chi connectivity index (χ4n) is 2.00. The van der Waals surface area contributed by atoms with Crippen LogP contribution in [0.15, 0.2) is 29.2 Å². The molecular weight excluding hydrogens is 288 g/mol. The second-order valence-electron chi connectivity index (χ2n) is 4.23. The van der Waals surface area contributed by atoms with Crippen molar-refractivity contribution >= 4 is 22.4 Å². The summed E-state index contributed by atoms with van der Waals surface area (Å²) in [5, 5.41) is 3.14. The van der Waals surface area contributed by atoms with Gasteiger partial charge in [0.25, 0.3) is 0 Å². The molecule has 0 radical (unpaired) electrons. The number of methoxy groups -OCH3 is 1. The molecule has 1 N–H and O–H groups in total. The van der Waals surface area contributed by atoms with Gasteiger partial charge in [0.05, 0.1) is 11.5 Å². The van der Waals surface area contributed by atoms with Crippen LogP contribution in [-0.2, 0) is 21.4 Å². The summed E-state index contributed by atoms with van der Waals surface area (Å²) < 4.78 is 31.3. The topological polar surface area (TPSA) is 58.6 Å². The van der Waals surface area contributed by atoms with Crippen molar-refractivity contribution in [1.29, 1.82) is 0 Å². The molecule has 0 bridgehead atoms. The molecule has 0 unspecified atom stereocenters. The number of hydrogen-bond acceptors (Lipinski definition) is 4. The lowest BCUT2D eigenvalue weighted by Crippen LogP contribution is -2.46. The molecule has 0 atom stereocenters. The van der Waals surface area contributed by atoms with Gasteiger partial charge in [-0.05, 0) is 17.7 Å². The highest BCUT2D eigenvalue weighted by molar-refractivity contribution is 7.89. The number of nitrogens with zero attached hydrogens (tertiary/aromatic N) is 1. The first-order valence-corrected chi connectivity index (χ1v) is 7.37. The Morgan fingerprint density at radius 1 is 1.32 bits per heavy atom. The van der Waals surface area contributed by atoms with Crippen molar-refractivity contribution in [1.82, 2.24) is 9.62 Å². The molecule has 1 aliphatic heterocycles. The third-order valence-electron chi connectivity index (χ3n) is 2.92. The van der Waals surface area contributed by atoms with Crippen molar-refractivity contribution in [3.8, 4) is 0 Å². The fraction of sp³-hybridized carbons (Fsp3) is 0.500. The Kier molecular flexibility index (Phi) is 6.22. The summed E-state index contributed by atoms with van der Waals surface area (Å²) in [6.45, 7) is 2.88. The number of sulfonamides is 1. The Labute approximate surface area is 120 Å². The molecular formula is C12H19ClN2O3S. The van der Waals surface area contributed by atoms with Gasteiger partial charge in [0, 0.05) is 33.3 Å². The maximum Gasteiger partial charge on any atom is 0.243 e. The Hall–Kier alpha value is -0.660. The summed E-state index contributed by atoms with van der Waals surface area (Å²) >= 11 is 0. The predicted octanol–water partition coefficient (Wildman–Crippen LogP) is 0.849. The van der Waals surface area contributed by atoms with Gasteiger partial charge in [-0.1, -0.05) is 12.1 Å². The SMILES string of the molecule is COCc1cccc(S(=O)(=O)N2CCNCC2)c1.Cl. The number of rotatable bonds is 4. The minimum absolute atomic E-state index is 0. The van der Waals surface area contributed by atoms with E-state index in [0.29, 0.717) is 37.7 Å².